The van der Waals surface area contributed by atoms with Crippen LogP contribution in [0.4, 0.5) is 0 Å². The molecule has 0 amide bonds. The summed E-state index contributed by atoms with van der Waals surface area (Å²) in [5.41, 5.74) is 2.41. The summed E-state index contributed by atoms with van der Waals surface area (Å²) in [6.07, 6.45) is 7.02. The van der Waals surface area contributed by atoms with Crippen LogP contribution in [0.1, 0.15) is 106 Å². The van der Waals surface area contributed by atoms with Gasteiger partial charge >= 0.3 is 11.7 Å². The predicted octanol–water partition coefficient (Wildman–Crippen LogP) is 5.42. The Balaban J connectivity index is 1.65. The van der Waals surface area contributed by atoms with Crippen LogP contribution in [0.15, 0.2) is 26.4 Å². The van der Waals surface area contributed by atoms with Crippen molar-refractivity contribution in [1.29, 1.82) is 0 Å². The lowest BCUT2D eigenvalue weighted by Crippen LogP contribution is -2.65. The Morgan fingerprint density at radius 1 is 1.12 bits per heavy atom. The van der Waals surface area contributed by atoms with Gasteiger partial charge in [0.15, 0.2) is 0 Å². The largest absolute Gasteiger partial charge is 0.458 e. The monoisotopic (exact) mass is 556 g/mol. The Hall–Kier alpha value is -2.19. The second kappa shape index (κ2) is 10.3. The maximum atomic E-state index is 12.4. The highest BCUT2D eigenvalue weighted by molar-refractivity contribution is 5.70. The molecule has 0 radical (unpaired) electrons. The number of aromatic nitrogens is 2. The number of ether oxygens (including phenoxy) is 1. The highest BCUT2D eigenvalue weighted by atomic mass is 16.5. The molecule has 1 aromatic rings. The normalized spacial score (nSPS) is 43.8. The van der Waals surface area contributed by atoms with Crippen LogP contribution in [0.5, 0.6) is 0 Å². The number of esters is 1. The molecule has 0 aliphatic heterocycles. The van der Waals surface area contributed by atoms with Crippen molar-refractivity contribution in [1.82, 2.24) is 10.2 Å². The zero-order valence-corrected chi connectivity index (χ0v) is 25.3. The summed E-state index contributed by atoms with van der Waals surface area (Å²) in [5, 5.41) is 29.4. The van der Waals surface area contributed by atoms with Crippen LogP contribution in [-0.2, 0) is 9.53 Å². The maximum Gasteiger partial charge on any atom is 0.434 e. The number of aliphatic hydroxyl groups is 2. The third-order valence-electron chi connectivity index (χ3n) is 12.0. The van der Waals surface area contributed by atoms with E-state index < -0.39 is 18.0 Å². The average molecular weight is 557 g/mol. The average Bonchev–Trinajstić information content (AvgIpc) is 3.40. The SMILES string of the molecule is CC(=O)O[C@H]1C[C@@]2(C)[C@@H](C[C@@H](O)[C@H]3[C@@]4(C)CC[C@@H](O)[C@@H](C)[C@@H]4CC[C@@]32C)/C1=C(\CCC=C(C)C)c1n[nH]c(=O)o1. The van der Waals surface area contributed by atoms with E-state index >= 15 is 0 Å². The molecule has 4 aliphatic rings. The van der Waals surface area contributed by atoms with Crippen LogP contribution in [0.3, 0.4) is 0 Å². The molecular weight excluding hydrogens is 508 g/mol. The second-order valence-electron chi connectivity index (χ2n) is 14.3. The molecule has 10 atom stereocenters. The summed E-state index contributed by atoms with van der Waals surface area (Å²) in [6.45, 7) is 14.8. The number of H-pyrrole nitrogens is 1. The van der Waals surface area contributed by atoms with Gasteiger partial charge in [0.1, 0.15) is 6.10 Å². The van der Waals surface area contributed by atoms with Crippen LogP contribution in [-0.4, -0.2) is 44.7 Å². The predicted molar refractivity (Wildman–Crippen MR) is 152 cm³/mol. The summed E-state index contributed by atoms with van der Waals surface area (Å²) >= 11 is 0. The Bertz CT molecular complexity index is 1260. The van der Waals surface area contributed by atoms with Gasteiger partial charge < -0.3 is 19.4 Å². The maximum absolute atomic E-state index is 12.4. The fourth-order valence-corrected chi connectivity index (χ4v) is 10.1. The molecule has 0 bridgehead atoms. The van der Waals surface area contributed by atoms with Gasteiger partial charge in [-0.15, -0.1) is 5.10 Å². The Morgan fingerprint density at radius 2 is 1.85 bits per heavy atom. The molecule has 1 heterocycles. The van der Waals surface area contributed by atoms with Gasteiger partial charge in [0.2, 0.25) is 5.89 Å². The number of aliphatic hydroxyl groups excluding tert-OH is 2. The lowest BCUT2D eigenvalue weighted by Gasteiger charge is -2.69. The molecule has 1 aromatic heterocycles. The van der Waals surface area contributed by atoms with E-state index in [4.69, 9.17) is 9.15 Å². The number of carbonyl (C=O) groups is 1. The van der Waals surface area contributed by atoms with Crippen LogP contribution in [0.2, 0.25) is 0 Å². The van der Waals surface area contributed by atoms with Gasteiger partial charge in [-0.25, -0.2) is 9.89 Å². The van der Waals surface area contributed by atoms with Crippen LogP contribution < -0.4 is 5.76 Å². The molecule has 0 spiro atoms. The number of fused-ring (bicyclic) bond motifs is 5. The van der Waals surface area contributed by atoms with E-state index in [1.54, 1.807) is 0 Å². The zero-order valence-electron chi connectivity index (χ0n) is 25.3. The quantitative estimate of drug-likeness (QED) is 0.327. The Kier molecular flexibility index (Phi) is 7.52. The van der Waals surface area contributed by atoms with Crippen molar-refractivity contribution in [3.05, 3.63) is 33.7 Å². The van der Waals surface area contributed by atoms with Crippen LogP contribution >= 0.6 is 0 Å². The third-order valence-corrected chi connectivity index (χ3v) is 12.0. The number of aromatic amines is 1. The van der Waals surface area contributed by atoms with E-state index in [9.17, 15) is 19.8 Å². The molecule has 0 unspecified atom stereocenters. The highest BCUT2D eigenvalue weighted by Gasteiger charge is 2.70. The molecule has 0 saturated heterocycles. The molecule has 4 aliphatic carbocycles. The number of hydrogen-bond donors (Lipinski definition) is 3. The van der Waals surface area contributed by atoms with Gasteiger partial charge in [0.05, 0.1) is 12.2 Å². The van der Waals surface area contributed by atoms with Gasteiger partial charge in [0, 0.05) is 12.5 Å². The van der Waals surface area contributed by atoms with Crippen molar-refractivity contribution in [3.8, 4) is 0 Å². The fraction of sp³-hybridized carbons (Fsp3) is 0.781. The Labute approximate surface area is 237 Å². The first-order valence-corrected chi connectivity index (χ1v) is 15.2. The van der Waals surface area contributed by atoms with E-state index in [0.717, 1.165) is 43.3 Å². The lowest BCUT2D eigenvalue weighted by atomic mass is 9.36. The van der Waals surface area contributed by atoms with Crippen molar-refractivity contribution in [2.75, 3.05) is 0 Å². The van der Waals surface area contributed by atoms with Crippen LogP contribution in [0, 0.1) is 39.9 Å². The molecule has 4 fully saturated rings. The number of nitrogens with one attached hydrogen (secondary N) is 1. The van der Waals surface area contributed by atoms with Gasteiger partial charge in [-0.1, -0.05) is 39.3 Å². The molecule has 222 valence electrons. The fourth-order valence-electron chi connectivity index (χ4n) is 10.1. The molecule has 3 N–H and O–H groups in total. The Morgan fingerprint density at radius 3 is 2.48 bits per heavy atom. The van der Waals surface area contributed by atoms with E-state index in [-0.39, 0.29) is 52.0 Å². The molecule has 8 nitrogen and oxygen atoms in total. The van der Waals surface area contributed by atoms with Crippen molar-refractivity contribution < 1.29 is 24.2 Å². The molecule has 40 heavy (non-hydrogen) atoms. The zero-order chi connectivity index (χ0) is 29.2. The number of carbonyl (C=O) groups excluding carboxylic acids is 1. The minimum atomic E-state index is -0.615. The number of rotatable bonds is 5. The van der Waals surface area contributed by atoms with E-state index in [0.29, 0.717) is 25.2 Å². The second-order valence-corrected chi connectivity index (χ2v) is 14.3. The molecule has 0 aromatic carbocycles. The first-order chi connectivity index (χ1) is 18.7. The summed E-state index contributed by atoms with van der Waals surface area (Å²) in [6, 6.07) is 0. The lowest BCUT2D eigenvalue weighted by molar-refractivity contribution is -0.234. The minimum Gasteiger partial charge on any atom is -0.458 e. The van der Waals surface area contributed by atoms with Gasteiger partial charge in [-0.3, -0.25) is 4.79 Å². The summed E-state index contributed by atoms with van der Waals surface area (Å²) < 4.78 is 11.6. The molecule has 5 rings (SSSR count). The highest BCUT2D eigenvalue weighted by Crippen LogP contribution is 2.74. The van der Waals surface area contributed by atoms with Gasteiger partial charge in [-0.05, 0) is 111 Å². The molecular formula is C32H48N2O6. The summed E-state index contributed by atoms with van der Waals surface area (Å²) in [7, 11) is 0. The van der Waals surface area contributed by atoms with Crippen molar-refractivity contribution in [3.63, 3.8) is 0 Å². The van der Waals surface area contributed by atoms with E-state index in [1.165, 1.54) is 12.5 Å². The van der Waals surface area contributed by atoms with Crippen LogP contribution in [0.25, 0.3) is 5.57 Å². The molecule has 4 saturated carbocycles. The van der Waals surface area contributed by atoms with E-state index in [1.807, 2.05) is 0 Å². The van der Waals surface area contributed by atoms with Crippen molar-refractivity contribution in [2.24, 2.45) is 39.9 Å². The first-order valence-electron chi connectivity index (χ1n) is 15.2. The molecule has 8 heteroatoms. The van der Waals surface area contributed by atoms with Crippen molar-refractivity contribution >= 4 is 11.5 Å². The van der Waals surface area contributed by atoms with Gasteiger partial charge in [-0.2, -0.15) is 0 Å². The first kappa shape index (κ1) is 29.3. The summed E-state index contributed by atoms with van der Waals surface area (Å²) in [4.78, 5) is 24.5. The topological polar surface area (TPSA) is 126 Å². The van der Waals surface area contributed by atoms with Gasteiger partial charge in [0.25, 0.3) is 0 Å². The van der Waals surface area contributed by atoms with E-state index in [2.05, 4.69) is 57.8 Å². The number of hydrogen-bond acceptors (Lipinski definition) is 7. The smallest absolute Gasteiger partial charge is 0.434 e. The number of nitrogens with zero attached hydrogens (tertiary/aromatic N) is 1. The summed E-state index contributed by atoms with van der Waals surface area (Å²) in [5.74, 6) is -0.120. The number of allylic oxidation sites excluding steroid dienone is 3. The minimum absolute atomic E-state index is 0.0523. The standard InChI is InChI=1S/C32H48N2O6/c1-17(2)9-8-10-20(28-33-34-29(38)40-28)26-22-15-24(37)27-30(5)13-12-23(36)18(3)21(30)11-14-31(27,6)32(22,7)16-25(26)39-19(4)35/h9,18,21-25,27,36-37H,8,10-16H2,1-7H3,(H,34,38)/b26-20-/t18-,21-,22-,23+,24+,25-,27-,30-,31-,32-/m0/s1. The third kappa shape index (κ3) is 4.44. The van der Waals surface area contributed by atoms with Crippen molar-refractivity contribution in [2.45, 2.75) is 118 Å².